The summed E-state index contributed by atoms with van der Waals surface area (Å²) in [6.07, 6.45) is 2.01. The standard InChI is InChI=1S/C27H20N2O.CH2Cl2/c1-18-13-15-19(16-14-18)26-28-25(24-12-6-7-17-29(24)26)27(30)22-10-4-2-8-20(22)21-9-3-5-11-23(21)27;2-1-3/h2-17,30H,1H3;1H2. The minimum Gasteiger partial charge on any atom is -0.374 e. The molecule has 6 rings (SSSR count). The molecule has 0 spiro atoms. The van der Waals surface area contributed by atoms with Gasteiger partial charge in [-0.05, 0) is 30.2 Å². The van der Waals surface area contributed by atoms with E-state index >= 15 is 0 Å². The number of rotatable bonds is 2. The van der Waals surface area contributed by atoms with E-state index in [-0.39, 0.29) is 5.34 Å². The molecule has 2 heterocycles. The first-order valence-electron chi connectivity index (χ1n) is 10.7. The van der Waals surface area contributed by atoms with Gasteiger partial charge < -0.3 is 5.11 Å². The van der Waals surface area contributed by atoms with Crippen LogP contribution in [0.1, 0.15) is 22.4 Å². The Hall–Kier alpha value is -3.11. The largest absolute Gasteiger partial charge is 0.374 e. The SMILES string of the molecule is Cc1ccc(-c2nc(C3(O)c4ccccc4-c4ccccc43)c3ccccn23)cc1.ClCCl. The minimum absolute atomic E-state index is 0.194. The molecule has 164 valence electrons. The Balaban J connectivity index is 0.000000724. The van der Waals surface area contributed by atoms with E-state index < -0.39 is 5.60 Å². The van der Waals surface area contributed by atoms with Crippen molar-refractivity contribution < 1.29 is 5.11 Å². The second-order valence-corrected chi connectivity index (χ2v) is 8.82. The van der Waals surface area contributed by atoms with Crippen molar-refractivity contribution in [1.82, 2.24) is 9.38 Å². The highest BCUT2D eigenvalue weighted by Crippen LogP contribution is 2.51. The van der Waals surface area contributed by atoms with Crippen LogP contribution in [0.5, 0.6) is 0 Å². The fraction of sp³-hybridized carbons (Fsp3) is 0.107. The minimum atomic E-state index is -1.30. The maximum atomic E-state index is 12.3. The number of fused-ring (bicyclic) bond motifs is 4. The summed E-state index contributed by atoms with van der Waals surface area (Å²) < 4.78 is 2.07. The molecule has 0 unspecified atom stereocenters. The number of pyridine rings is 1. The maximum Gasteiger partial charge on any atom is 0.160 e. The van der Waals surface area contributed by atoms with Crippen molar-refractivity contribution in [3.8, 4) is 22.5 Å². The molecular formula is C28H22Cl2N2O. The summed E-state index contributed by atoms with van der Waals surface area (Å²) in [6, 6.07) is 30.5. The van der Waals surface area contributed by atoms with Crippen LogP contribution in [-0.4, -0.2) is 19.8 Å². The number of aryl methyl sites for hydroxylation is 1. The average Bonchev–Trinajstić information content (AvgIpc) is 3.36. The number of aliphatic hydroxyl groups is 1. The number of hydrogen-bond acceptors (Lipinski definition) is 2. The van der Waals surface area contributed by atoms with E-state index in [0.29, 0.717) is 5.69 Å². The fourth-order valence-corrected chi connectivity index (χ4v) is 4.68. The van der Waals surface area contributed by atoms with Gasteiger partial charge in [0, 0.05) is 22.9 Å². The summed E-state index contributed by atoms with van der Waals surface area (Å²) in [5, 5.41) is 12.5. The Morgan fingerprint density at radius 2 is 1.33 bits per heavy atom. The summed E-state index contributed by atoms with van der Waals surface area (Å²) >= 11 is 9.53. The number of nitrogens with zero attached hydrogens (tertiary/aromatic N) is 2. The first-order valence-corrected chi connectivity index (χ1v) is 11.7. The van der Waals surface area contributed by atoms with Gasteiger partial charge in [0.25, 0.3) is 0 Å². The van der Waals surface area contributed by atoms with Gasteiger partial charge in [0.05, 0.1) is 10.9 Å². The summed E-state index contributed by atoms with van der Waals surface area (Å²) in [5.41, 5.74) is 6.37. The lowest BCUT2D eigenvalue weighted by atomic mass is 9.87. The molecule has 0 aliphatic heterocycles. The molecule has 1 aliphatic carbocycles. The number of halogens is 2. The van der Waals surface area contributed by atoms with Crippen LogP contribution < -0.4 is 0 Å². The fourth-order valence-electron chi connectivity index (χ4n) is 4.68. The lowest BCUT2D eigenvalue weighted by Crippen LogP contribution is -2.27. The average molecular weight is 473 g/mol. The highest BCUT2D eigenvalue weighted by atomic mass is 35.5. The third-order valence-electron chi connectivity index (χ3n) is 6.12. The van der Waals surface area contributed by atoms with Crippen LogP contribution >= 0.6 is 23.2 Å². The van der Waals surface area contributed by atoms with Crippen molar-refractivity contribution in [2.75, 3.05) is 5.34 Å². The zero-order chi connectivity index (χ0) is 23.0. The second-order valence-electron chi connectivity index (χ2n) is 8.01. The van der Waals surface area contributed by atoms with E-state index in [0.717, 1.165) is 39.2 Å². The zero-order valence-corrected chi connectivity index (χ0v) is 19.6. The third kappa shape index (κ3) is 3.44. The van der Waals surface area contributed by atoms with Crippen molar-refractivity contribution in [3.05, 3.63) is 120 Å². The van der Waals surface area contributed by atoms with Gasteiger partial charge in [0.15, 0.2) is 5.60 Å². The molecule has 0 bridgehead atoms. The van der Waals surface area contributed by atoms with E-state index in [4.69, 9.17) is 28.2 Å². The monoisotopic (exact) mass is 472 g/mol. The molecule has 0 amide bonds. The first kappa shape index (κ1) is 21.7. The molecule has 2 aromatic heterocycles. The molecule has 1 aliphatic rings. The Morgan fingerprint density at radius 3 is 1.94 bits per heavy atom. The van der Waals surface area contributed by atoms with Gasteiger partial charge in [-0.15, -0.1) is 23.2 Å². The van der Waals surface area contributed by atoms with E-state index in [9.17, 15) is 5.11 Å². The number of alkyl halides is 2. The van der Waals surface area contributed by atoms with E-state index in [1.807, 2.05) is 60.8 Å². The predicted molar refractivity (Wildman–Crippen MR) is 136 cm³/mol. The Labute approximate surface area is 202 Å². The van der Waals surface area contributed by atoms with Crippen LogP contribution in [0.3, 0.4) is 0 Å². The summed E-state index contributed by atoms with van der Waals surface area (Å²) in [7, 11) is 0. The number of benzene rings is 3. The van der Waals surface area contributed by atoms with Gasteiger partial charge in [-0.2, -0.15) is 0 Å². The Bertz CT molecular complexity index is 1390. The molecule has 5 aromatic rings. The summed E-state index contributed by atoms with van der Waals surface area (Å²) in [4.78, 5) is 5.05. The topological polar surface area (TPSA) is 37.5 Å². The van der Waals surface area contributed by atoms with Crippen LogP contribution in [0.4, 0.5) is 0 Å². The molecule has 3 nitrogen and oxygen atoms in total. The van der Waals surface area contributed by atoms with Gasteiger partial charge in [0.2, 0.25) is 0 Å². The van der Waals surface area contributed by atoms with Crippen molar-refractivity contribution in [1.29, 1.82) is 0 Å². The number of hydrogen-bond donors (Lipinski definition) is 1. The van der Waals surface area contributed by atoms with Crippen molar-refractivity contribution in [2.45, 2.75) is 12.5 Å². The van der Waals surface area contributed by atoms with E-state index in [1.165, 1.54) is 5.56 Å². The van der Waals surface area contributed by atoms with E-state index in [1.54, 1.807) is 0 Å². The summed E-state index contributed by atoms with van der Waals surface area (Å²) in [6.45, 7) is 2.08. The van der Waals surface area contributed by atoms with Crippen LogP contribution in [-0.2, 0) is 5.60 Å². The van der Waals surface area contributed by atoms with Crippen molar-refractivity contribution in [2.24, 2.45) is 0 Å². The molecule has 0 fully saturated rings. The lowest BCUT2D eigenvalue weighted by molar-refractivity contribution is 0.128. The Morgan fingerprint density at radius 1 is 0.788 bits per heavy atom. The van der Waals surface area contributed by atoms with Gasteiger partial charge in [-0.25, -0.2) is 4.98 Å². The quantitative estimate of drug-likeness (QED) is 0.281. The lowest BCUT2D eigenvalue weighted by Gasteiger charge is -2.24. The third-order valence-corrected chi connectivity index (χ3v) is 6.12. The molecule has 3 aromatic carbocycles. The second kappa shape index (κ2) is 8.68. The van der Waals surface area contributed by atoms with Gasteiger partial charge in [-0.3, -0.25) is 4.40 Å². The van der Waals surface area contributed by atoms with Gasteiger partial charge in [0.1, 0.15) is 11.5 Å². The molecule has 0 atom stereocenters. The van der Waals surface area contributed by atoms with Gasteiger partial charge in [-0.1, -0.05) is 84.4 Å². The molecule has 33 heavy (non-hydrogen) atoms. The highest BCUT2D eigenvalue weighted by molar-refractivity contribution is 6.40. The number of imidazole rings is 1. The smallest absolute Gasteiger partial charge is 0.160 e. The van der Waals surface area contributed by atoms with Crippen molar-refractivity contribution in [3.63, 3.8) is 0 Å². The predicted octanol–water partition coefficient (Wildman–Crippen LogP) is 7.00. The van der Waals surface area contributed by atoms with Gasteiger partial charge >= 0.3 is 0 Å². The van der Waals surface area contributed by atoms with Crippen LogP contribution in [0.15, 0.2) is 97.2 Å². The maximum absolute atomic E-state index is 12.3. The van der Waals surface area contributed by atoms with Crippen LogP contribution in [0, 0.1) is 6.92 Å². The molecule has 5 heteroatoms. The number of aromatic nitrogens is 2. The normalized spacial score (nSPS) is 13.2. The summed E-state index contributed by atoms with van der Waals surface area (Å²) in [5.74, 6) is 0.830. The molecule has 0 saturated heterocycles. The molecule has 0 saturated carbocycles. The molecular weight excluding hydrogens is 451 g/mol. The highest BCUT2D eigenvalue weighted by Gasteiger charge is 2.45. The van der Waals surface area contributed by atoms with Crippen molar-refractivity contribution >= 4 is 28.7 Å². The Kier molecular flexibility index (Phi) is 5.71. The van der Waals surface area contributed by atoms with E-state index in [2.05, 4.69) is 47.7 Å². The van der Waals surface area contributed by atoms with Crippen LogP contribution in [0.25, 0.3) is 28.0 Å². The first-order chi connectivity index (χ1) is 16.1. The zero-order valence-electron chi connectivity index (χ0n) is 18.0. The molecule has 0 radical (unpaired) electrons. The molecule has 1 N–H and O–H groups in total. The van der Waals surface area contributed by atoms with Crippen LogP contribution in [0.2, 0.25) is 0 Å².